The molecule has 122 heavy (non-hydrogen) atoms. The first kappa shape index (κ1) is 118. The number of likely N-dealkylation sites (N-methyl/N-ethyl adjacent to an activating group) is 8. The first-order chi connectivity index (χ1) is 56.1. The Kier molecular flexibility index (Phi) is 50.9. The summed E-state index contributed by atoms with van der Waals surface area (Å²) in [6, 6.07) is 0. The van der Waals surface area contributed by atoms with Gasteiger partial charge in [-0.25, -0.2) is 0 Å². The molecule has 0 aliphatic carbocycles. The summed E-state index contributed by atoms with van der Waals surface area (Å²) in [6.07, 6.45) is 6.86. The molecule has 0 bridgehead atoms. The fourth-order valence-corrected chi connectivity index (χ4v) is 20.6. The van der Waals surface area contributed by atoms with Crippen molar-refractivity contribution in [3.63, 3.8) is 0 Å². The maximum atomic E-state index is 5.54. The fraction of sp³-hybridized carbons (Fsp3) is 0.702. The van der Waals surface area contributed by atoms with Gasteiger partial charge in [0.05, 0.1) is 103 Å². The van der Waals surface area contributed by atoms with Gasteiger partial charge in [0.1, 0.15) is 0 Å². The summed E-state index contributed by atoms with van der Waals surface area (Å²) in [5, 5.41) is 13.0. The fourth-order valence-electron chi connectivity index (χ4n) is 14.7. The van der Waals surface area contributed by atoms with Crippen LogP contribution >= 0.6 is 171 Å². The molecule has 7 rings (SSSR count). The number of nitrogens with two attached hydrogens (primary N) is 2. The van der Waals surface area contributed by atoms with Gasteiger partial charge in [0, 0.05) is 153 Å². The molecule has 0 saturated carbocycles. The van der Waals surface area contributed by atoms with Crippen LogP contribution in [0.3, 0.4) is 0 Å². The highest BCUT2D eigenvalue weighted by atomic mass is 32.1. The van der Waals surface area contributed by atoms with Gasteiger partial charge in [-0.15, -0.1) is 0 Å². The van der Waals surface area contributed by atoms with Gasteiger partial charge < -0.3 is 71.9 Å². The van der Waals surface area contributed by atoms with Gasteiger partial charge in [0.2, 0.25) is 0 Å². The Hall–Kier alpha value is -2.24. The third-order valence-electron chi connectivity index (χ3n) is 21.1. The maximum absolute atomic E-state index is 5.54. The van der Waals surface area contributed by atoms with Crippen molar-refractivity contribution >= 4 is 211 Å². The van der Waals surface area contributed by atoms with Gasteiger partial charge in [-0.05, 0) is 143 Å². The molecule has 0 unspecified atom stereocenters. The van der Waals surface area contributed by atoms with E-state index >= 15 is 0 Å². The molecule has 0 aliphatic heterocycles. The second kappa shape index (κ2) is 52.7. The number of nitrogens with zero attached hydrogens (tertiary/aromatic N) is 8. The second-order valence-corrected chi connectivity index (χ2v) is 45.2. The summed E-state index contributed by atoms with van der Waals surface area (Å²) in [5.74, 6) is 0. The Morgan fingerprint density at radius 3 is 0.746 bits per heavy atom. The van der Waals surface area contributed by atoms with Crippen molar-refractivity contribution in [1.29, 1.82) is 0 Å². The highest BCUT2D eigenvalue weighted by Crippen LogP contribution is 2.45. The van der Waals surface area contributed by atoms with Crippen LogP contribution in [0.5, 0.6) is 0 Å². The first-order valence-corrected chi connectivity index (χ1v) is 49.5. The summed E-state index contributed by atoms with van der Waals surface area (Å²) in [6.45, 7) is 75.9. The van der Waals surface area contributed by atoms with Crippen LogP contribution in [0.25, 0.3) is 0 Å². The van der Waals surface area contributed by atoms with E-state index < -0.39 is 0 Å². The van der Waals surface area contributed by atoms with Crippen molar-refractivity contribution in [1.82, 2.24) is 25.3 Å². The topological polar surface area (TPSA) is 126 Å². The summed E-state index contributed by atoms with van der Waals surface area (Å²) >= 11 is 75.0. The predicted octanol–water partition coefficient (Wildman–Crippen LogP) is 25.6. The minimum atomic E-state index is 0.0670. The summed E-state index contributed by atoms with van der Waals surface area (Å²) in [7, 11) is 16.6. The van der Waals surface area contributed by atoms with Gasteiger partial charge in [0.15, 0.2) is 0 Å². The zero-order valence-electron chi connectivity index (χ0n) is 81.6. The molecular formula is C94H160N14S14. The van der Waals surface area contributed by atoms with E-state index in [4.69, 9.17) is 183 Å². The molecule has 7 aromatic carbocycles. The molecule has 0 saturated heterocycles. The van der Waals surface area contributed by atoms with Crippen molar-refractivity contribution in [2.45, 2.75) is 256 Å². The number of hydrogen-bond acceptors (Lipinski definition) is 28. The minimum Gasteiger partial charge on any atom is -0.384 e. The monoisotopic (exact) mass is 1930 g/mol. The Labute approximate surface area is 814 Å². The quantitative estimate of drug-likeness (QED) is 0.0163. The molecule has 0 aromatic heterocycles. The van der Waals surface area contributed by atoms with Gasteiger partial charge in [-0.2, -0.15) is 0 Å². The molecule has 0 amide bonds. The third kappa shape index (κ3) is 33.5. The highest BCUT2D eigenvalue weighted by Gasteiger charge is 2.34. The lowest BCUT2D eigenvalue weighted by molar-refractivity contribution is 0.281. The smallest absolute Gasteiger partial charge is 0.0798 e. The predicted molar refractivity (Wildman–Crippen MR) is 580 cm³/mol. The van der Waals surface area contributed by atoms with E-state index in [1.54, 1.807) is 0 Å². The summed E-state index contributed by atoms with van der Waals surface area (Å²) in [5.41, 5.74) is 28.2. The number of nitrogens with one attached hydrogen (secondary N) is 4. The first-order valence-electron chi connectivity index (χ1n) is 43.8. The number of hydrogen-bond donors (Lipinski definition) is 6. The van der Waals surface area contributed by atoms with E-state index in [-0.39, 0.29) is 37.9 Å². The molecule has 7 aromatic rings. The average molecular weight is 1940 g/mol. The van der Waals surface area contributed by atoms with E-state index in [1.165, 1.54) is 107 Å². The largest absolute Gasteiger partial charge is 0.384 e. The summed E-state index contributed by atoms with van der Waals surface area (Å²) in [4.78, 5) is 18.5. The lowest BCUT2D eigenvalue weighted by Gasteiger charge is -2.33. The summed E-state index contributed by atoms with van der Waals surface area (Å²) < 4.78 is 12.1. The van der Waals surface area contributed by atoms with Crippen LogP contribution in [0.1, 0.15) is 257 Å². The van der Waals surface area contributed by atoms with E-state index in [2.05, 4.69) is 276 Å². The van der Waals surface area contributed by atoms with Crippen molar-refractivity contribution in [2.75, 3.05) is 216 Å². The molecule has 0 radical (unpaired) electrons. The van der Waals surface area contributed by atoms with Gasteiger partial charge in [0.25, 0.3) is 0 Å². The third-order valence-corrected chi connectivity index (χ3v) is 27.7. The van der Waals surface area contributed by atoms with Crippen molar-refractivity contribution < 1.29 is 0 Å². The van der Waals surface area contributed by atoms with E-state index in [0.29, 0.717) is 13.1 Å². The molecular weight excluding hydrogens is 1770 g/mol. The van der Waals surface area contributed by atoms with E-state index in [0.717, 1.165) is 185 Å². The van der Waals surface area contributed by atoms with Crippen LogP contribution in [-0.4, -0.2) is 195 Å². The van der Waals surface area contributed by atoms with E-state index in [9.17, 15) is 0 Å². The van der Waals surface area contributed by atoms with E-state index in [1.807, 2.05) is 21.1 Å². The molecule has 0 aliphatic rings. The zero-order valence-corrected chi connectivity index (χ0v) is 93.1. The maximum Gasteiger partial charge on any atom is 0.0798 e. The molecule has 8 N–H and O–H groups in total. The standard InChI is InChI=1S/C17H30N2S2.C16H28N2S2.C15H26N2S2.2C12H20N2S2.2C11H18N2S2/c1-7-9-19(10-8-2)12-11-18(6)14-13(17(3,4)5)15(20)16(14)21;1-7-9-18(8-2)11-10-17(6)13-12(16(3,4)5)14(19)15(13)20;1-7-8-16(5)9-10-17(6)12-11(15(2,3)4)13(18)14(12)19;1-12(2,3)8-9(11(16)10(8)15)14(5)7-6-13-4;1-12(2,3)8-9(11(16)10(8)15)14-7-5-6-13-4;1-11(2,3)7-8(10(15)9(7)14)13(4)6-5-12;1-11(2,3)7-8(10(15)9(7)14)13-6-4-5-12/h7-12H2,1-6H3;7-11H2,1-6H3;7-10H2,1-6H3;13H,6-7H2,1-5H3;13-14H,5-7H2,1-4H3;5-6,12H2,1-4H3;13H,4-6,12H2,1-3H3. The van der Waals surface area contributed by atoms with Crippen LogP contribution < -0.4 is 57.2 Å². The SMILES string of the molecule is CC(C)(C)c1c(NCCCN)c(=S)c1=S.CCCN(C)CCN(C)c1c(C(C)(C)C)c(=S)c1=S.CCCN(CC)CCN(C)c1c(C(C)(C)C)c(=S)c1=S.CCCN(CCC)CCN(C)c1c(C(C)(C)C)c(=S)c1=S.CN(CCN)c1c(C(C)(C)C)c(=S)c1=S.CNCCCNc1c(C(C)(C)C)c(=S)c1=S.CNCCN(C)c1c(C(C)(C)C)c(=S)c1=S. The molecule has 28 heteroatoms. The Morgan fingerprint density at radius 2 is 0.492 bits per heavy atom. The molecule has 690 valence electrons. The Morgan fingerprint density at radius 1 is 0.246 bits per heavy atom. The minimum absolute atomic E-state index is 0.0670. The molecule has 0 heterocycles. The number of rotatable bonds is 37. The van der Waals surface area contributed by atoms with Crippen LogP contribution in [0.15, 0.2) is 0 Å². The van der Waals surface area contributed by atoms with Crippen molar-refractivity contribution in [3.05, 3.63) is 102 Å². The highest BCUT2D eigenvalue weighted by molar-refractivity contribution is 7.76. The van der Waals surface area contributed by atoms with Gasteiger partial charge >= 0.3 is 0 Å². The lowest BCUT2D eigenvalue weighted by atomic mass is 9.83. The lowest BCUT2D eigenvalue weighted by Crippen LogP contribution is -2.36. The number of anilines is 7. The zero-order chi connectivity index (χ0) is 94.8. The van der Waals surface area contributed by atoms with Crippen LogP contribution in [0.4, 0.5) is 39.8 Å². The molecule has 0 atom stereocenters. The van der Waals surface area contributed by atoms with Crippen LogP contribution in [-0.2, 0) is 37.9 Å². The van der Waals surface area contributed by atoms with Crippen molar-refractivity contribution in [2.24, 2.45) is 11.5 Å². The van der Waals surface area contributed by atoms with Crippen LogP contribution in [0.2, 0.25) is 0 Å². The second-order valence-electron chi connectivity index (χ2n) is 39.5. The van der Waals surface area contributed by atoms with Crippen LogP contribution in [0, 0.1) is 63.1 Å². The molecule has 14 nitrogen and oxygen atoms in total. The normalized spacial score (nSPS) is 12.2. The van der Waals surface area contributed by atoms with Gasteiger partial charge in [-0.1, -0.05) is 351 Å². The molecule has 0 spiro atoms. The average Bonchev–Trinajstić information content (AvgIpc) is 0.748. The Bertz CT molecular complexity index is 4940. The van der Waals surface area contributed by atoms with Gasteiger partial charge in [-0.3, -0.25) is 0 Å². The Balaban J connectivity index is 0.000000714. The molecule has 0 fully saturated rings. The van der Waals surface area contributed by atoms with Crippen molar-refractivity contribution in [3.8, 4) is 0 Å².